The van der Waals surface area contributed by atoms with Crippen molar-refractivity contribution in [2.24, 2.45) is 0 Å². The lowest BCUT2D eigenvalue weighted by Crippen LogP contribution is -2.44. The molecule has 1 aliphatic heterocycles. The van der Waals surface area contributed by atoms with E-state index in [1.807, 2.05) is 0 Å². The number of hydrogen-bond donors (Lipinski definition) is 1. The van der Waals surface area contributed by atoms with Gasteiger partial charge in [-0.15, -0.1) is 0 Å². The molecule has 1 amide bonds. The van der Waals surface area contributed by atoms with Crippen molar-refractivity contribution in [1.82, 2.24) is 10.2 Å². The van der Waals surface area contributed by atoms with Crippen molar-refractivity contribution < 1.29 is 9.18 Å². The highest BCUT2D eigenvalue weighted by Crippen LogP contribution is 2.17. The van der Waals surface area contributed by atoms with Crippen molar-refractivity contribution in [2.75, 3.05) is 19.6 Å². The minimum absolute atomic E-state index is 0.125. The summed E-state index contributed by atoms with van der Waals surface area (Å²) >= 11 is 3.10. The van der Waals surface area contributed by atoms with Gasteiger partial charge in [0.1, 0.15) is 5.82 Å². The summed E-state index contributed by atoms with van der Waals surface area (Å²) in [6.45, 7) is 5.38. The molecule has 0 atom stereocenters. The predicted molar refractivity (Wildman–Crippen MR) is 81.3 cm³/mol. The van der Waals surface area contributed by atoms with E-state index >= 15 is 0 Å². The average molecular weight is 343 g/mol. The maximum Gasteiger partial charge on any atom is 0.251 e. The van der Waals surface area contributed by atoms with Crippen LogP contribution in [-0.4, -0.2) is 36.5 Å². The Hall–Kier alpha value is -0.940. The van der Waals surface area contributed by atoms with E-state index in [1.54, 1.807) is 0 Å². The molecular formula is C15H20BrFN2O. The topological polar surface area (TPSA) is 32.3 Å². The van der Waals surface area contributed by atoms with Crippen molar-refractivity contribution >= 4 is 21.8 Å². The zero-order valence-corrected chi connectivity index (χ0v) is 13.2. The summed E-state index contributed by atoms with van der Waals surface area (Å²) in [6, 6.07) is 4.57. The van der Waals surface area contributed by atoms with E-state index in [2.05, 4.69) is 33.1 Å². The van der Waals surface area contributed by atoms with Gasteiger partial charge < -0.3 is 10.2 Å². The minimum Gasteiger partial charge on any atom is -0.349 e. The largest absolute Gasteiger partial charge is 0.349 e. The molecule has 1 aromatic carbocycles. The van der Waals surface area contributed by atoms with Gasteiger partial charge in [-0.3, -0.25) is 4.79 Å². The lowest BCUT2D eigenvalue weighted by molar-refractivity contribution is 0.0911. The van der Waals surface area contributed by atoms with Crippen LogP contribution >= 0.6 is 15.9 Å². The molecule has 3 nitrogen and oxygen atoms in total. The second kappa shape index (κ2) is 7.18. The summed E-state index contributed by atoms with van der Waals surface area (Å²) < 4.78 is 13.5. The van der Waals surface area contributed by atoms with E-state index < -0.39 is 0 Å². The van der Waals surface area contributed by atoms with Crippen LogP contribution in [0, 0.1) is 5.82 Å². The number of halogens is 2. The van der Waals surface area contributed by atoms with Crippen LogP contribution in [0.1, 0.15) is 36.5 Å². The first-order chi connectivity index (χ1) is 9.60. The fraction of sp³-hybridized carbons (Fsp3) is 0.533. The molecule has 0 spiro atoms. The third kappa shape index (κ3) is 4.03. The van der Waals surface area contributed by atoms with Gasteiger partial charge in [-0.2, -0.15) is 0 Å². The monoisotopic (exact) mass is 342 g/mol. The molecule has 1 N–H and O–H groups in total. The number of hydrogen-bond acceptors (Lipinski definition) is 2. The third-order valence-electron chi connectivity index (χ3n) is 3.64. The molecule has 0 bridgehead atoms. The molecule has 1 aromatic rings. The molecule has 1 saturated heterocycles. The maximum absolute atomic E-state index is 13.2. The quantitative estimate of drug-likeness (QED) is 0.911. The van der Waals surface area contributed by atoms with Gasteiger partial charge in [0, 0.05) is 24.7 Å². The molecule has 0 aliphatic carbocycles. The van der Waals surface area contributed by atoms with Crippen molar-refractivity contribution in [3.05, 3.63) is 34.1 Å². The highest BCUT2D eigenvalue weighted by atomic mass is 79.9. The van der Waals surface area contributed by atoms with E-state index in [0.29, 0.717) is 10.0 Å². The number of nitrogens with one attached hydrogen (secondary N) is 1. The normalized spacial score (nSPS) is 17.1. The number of rotatable bonds is 4. The highest BCUT2D eigenvalue weighted by molar-refractivity contribution is 9.10. The zero-order chi connectivity index (χ0) is 14.5. The zero-order valence-electron chi connectivity index (χ0n) is 11.7. The van der Waals surface area contributed by atoms with Gasteiger partial charge in [0.15, 0.2) is 0 Å². The first-order valence-corrected chi connectivity index (χ1v) is 7.87. The average Bonchev–Trinajstić information content (AvgIpc) is 2.44. The standard InChI is InChI=1S/C15H20BrFN2O/c1-2-7-19-8-5-12(6-9-19)18-15(20)11-3-4-14(17)13(16)10-11/h3-4,10,12H,2,5-9H2,1H3,(H,18,20). The Labute approximate surface area is 127 Å². The van der Waals surface area contributed by atoms with Crippen LogP contribution in [0.15, 0.2) is 22.7 Å². The molecule has 5 heteroatoms. The molecular weight excluding hydrogens is 323 g/mol. The summed E-state index contributed by atoms with van der Waals surface area (Å²) in [5, 5.41) is 3.04. The second-order valence-electron chi connectivity index (χ2n) is 5.22. The molecule has 0 unspecified atom stereocenters. The number of carbonyl (C=O) groups is 1. The number of likely N-dealkylation sites (tertiary alicyclic amines) is 1. The van der Waals surface area contributed by atoms with Gasteiger partial charge in [-0.1, -0.05) is 6.92 Å². The molecule has 2 rings (SSSR count). The number of carbonyl (C=O) groups excluding carboxylic acids is 1. The van der Waals surface area contributed by atoms with Crippen LogP contribution in [0.5, 0.6) is 0 Å². The van der Waals surface area contributed by atoms with E-state index in [-0.39, 0.29) is 17.8 Å². The van der Waals surface area contributed by atoms with Crippen molar-refractivity contribution in [3.8, 4) is 0 Å². The van der Waals surface area contributed by atoms with E-state index in [4.69, 9.17) is 0 Å². The van der Waals surface area contributed by atoms with Crippen molar-refractivity contribution in [2.45, 2.75) is 32.2 Å². The molecule has 20 heavy (non-hydrogen) atoms. The molecule has 1 aliphatic rings. The van der Waals surface area contributed by atoms with E-state index in [1.165, 1.54) is 24.6 Å². The first kappa shape index (κ1) is 15.4. The molecule has 0 radical (unpaired) electrons. The van der Waals surface area contributed by atoms with Gasteiger partial charge >= 0.3 is 0 Å². The van der Waals surface area contributed by atoms with Gasteiger partial charge in [-0.25, -0.2) is 4.39 Å². The molecule has 0 saturated carbocycles. The number of amides is 1. The van der Waals surface area contributed by atoms with Crippen LogP contribution in [0.3, 0.4) is 0 Å². The fourth-order valence-corrected chi connectivity index (χ4v) is 2.90. The lowest BCUT2D eigenvalue weighted by Gasteiger charge is -2.32. The summed E-state index contributed by atoms with van der Waals surface area (Å²) in [7, 11) is 0. The second-order valence-corrected chi connectivity index (χ2v) is 6.07. The Balaban J connectivity index is 1.87. The van der Waals surface area contributed by atoms with Crippen LogP contribution in [0.4, 0.5) is 4.39 Å². The Bertz CT molecular complexity index is 473. The summed E-state index contributed by atoms with van der Waals surface area (Å²) in [6.07, 6.45) is 3.13. The van der Waals surface area contributed by atoms with E-state index in [9.17, 15) is 9.18 Å². The van der Waals surface area contributed by atoms with Gasteiger partial charge in [-0.05, 0) is 59.9 Å². The predicted octanol–water partition coefficient (Wildman–Crippen LogP) is 3.19. The Kier molecular flexibility index (Phi) is 5.54. The van der Waals surface area contributed by atoms with Crippen LogP contribution in [-0.2, 0) is 0 Å². The summed E-state index contributed by atoms with van der Waals surface area (Å²) in [4.78, 5) is 14.5. The number of benzene rings is 1. The Morgan fingerprint density at radius 2 is 2.15 bits per heavy atom. The highest BCUT2D eigenvalue weighted by Gasteiger charge is 2.20. The van der Waals surface area contributed by atoms with Gasteiger partial charge in [0.25, 0.3) is 5.91 Å². The molecule has 0 aromatic heterocycles. The lowest BCUT2D eigenvalue weighted by atomic mass is 10.0. The fourth-order valence-electron chi connectivity index (χ4n) is 2.52. The maximum atomic E-state index is 13.2. The van der Waals surface area contributed by atoms with E-state index in [0.717, 1.165) is 32.5 Å². The Morgan fingerprint density at radius 3 is 2.75 bits per heavy atom. The number of piperidine rings is 1. The molecule has 110 valence electrons. The van der Waals surface area contributed by atoms with Crippen LogP contribution in [0.25, 0.3) is 0 Å². The number of nitrogens with zero attached hydrogens (tertiary/aromatic N) is 1. The minimum atomic E-state index is -0.352. The molecule has 1 fully saturated rings. The third-order valence-corrected chi connectivity index (χ3v) is 4.25. The van der Waals surface area contributed by atoms with Crippen LogP contribution < -0.4 is 5.32 Å². The van der Waals surface area contributed by atoms with Gasteiger partial charge in [0.05, 0.1) is 4.47 Å². The van der Waals surface area contributed by atoms with Crippen molar-refractivity contribution in [3.63, 3.8) is 0 Å². The first-order valence-electron chi connectivity index (χ1n) is 7.08. The Morgan fingerprint density at radius 1 is 1.45 bits per heavy atom. The van der Waals surface area contributed by atoms with Crippen molar-refractivity contribution in [1.29, 1.82) is 0 Å². The SMILES string of the molecule is CCCN1CCC(NC(=O)c2ccc(F)c(Br)c2)CC1. The van der Waals surface area contributed by atoms with Crippen LogP contribution in [0.2, 0.25) is 0 Å². The van der Waals surface area contributed by atoms with Gasteiger partial charge in [0.2, 0.25) is 0 Å². The molecule has 1 heterocycles. The summed E-state index contributed by atoms with van der Waals surface area (Å²) in [5.74, 6) is -0.478. The smallest absolute Gasteiger partial charge is 0.251 e. The summed E-state index contributed by atoms with van der Waals surface area (Å²) in [5.41, 5.74) is 0.495.